The predicted octanol–water partition coefficient (Wildman–Crippen LogP) is 1.70. The van der Waals surface area contributed by atoms with E-state index in [1.165, 1.54) is 6.92 Å². The lowest BCUT2D eigenvalue weighted by Gasteiger charge is -2.14. The third-order valence-corrected chi connectivity index (χ3v) is 2.54. The fraction of sp³-hybridized carbons (Fsp3) is 0.385. The van der Waals surface area contributed by atoms with Gasteiger partial charge in [0.25, 0.3) is 0 Å². The summed E-state index contributed by atoms with van der Waals surface area (Å²) in [7, 11) is 0. The van der Waals surface area contributed by atoms with Crippen LogP contribution >= 0.6 is 0 Å². The second-order valence-corrected chi connectivity index (χ2v) is 4.27. The van der Waals surface area contributed by atoms with Gasteiger partial charge in [-0.25, -0.2) is 4.79 Å². The third-order valence-electron chi connectivity index (χ3n) is 2.54. The number of amides is 2. The Morgan fingerprint density at radius 3 is 2.61 bits per heavy atom. The summed E-state index contributed by atoms with van der Waals surface area (Å²) in [5, 5.41) is 14.1. The quantitative estimate of drug-likeness (QED) is 0.712. The van der Waals surface area contributed by atoms with Crippen molar-refractivity contribution in [2.24, 2.45) is 0 Å². The number of nitrogens with one attached hydrogen (secondary N) is 2. The number of carbonyl (C=O) groups is 2. The highest BCUT2D eigenvalue weighted by Crippen LogP contribution is 2.17. The number of aliphatic hydroxyl groups excluding tert-OH is 1. The summed E-state index contributed by atoms with van der Waals surface area (Å²) >= 11 is 0. The van der Waals surface area contributed by atoms with E-state index < -0.39 is 6.03 Å². The molecule has 0 bridgehead atoms. The first-order valence-corrected chi connectivity index (χ1v) is 5.74. The van der Waals surface area contributed by atoms with Crippen LogP contribution in [0.15, 0.2) is 18.2 Å². The monoisotopic (exact) mass is 250 g/mol. The molecule has 1 aromatic carbocycles. The normalized spacial score (nSPS) is 11.8. The Labute approximate surface area is 106 Å². The summed E-state index contributed by atoms with van der Waals surface area (Å²) < 4.78 is 0. The van der Waals surface area contributed by atoms with Gasteiger partial charge in [-0.3, -0.25) is 4.79 Å². The Bertz CT molecular complexity index is 458. The maximum atomic E-state index is 11.6. The number of hydrogen-bond acceptors (Lipinski definition) is 3. The minimum Gasteiger partial charge on any atom is -0.394 e. The molecule has 0 saturated carbocycles. The Kier molecular flexibility index (Phi) is 4.85. The lowest BCUT2D eigenvalue weighted by molar-refractivity contribution is 0.101. The fourth-order valence-corrected chi connectivity index (χ4v) is 1.40. The Hall–Kier alpha value is -1.88. The molecule has 5 nitrogen and oxygen atoms in total. The molecule has 1 atom stereocenters. The van der Waals surface area contributed by atoms with Gasteiger partial charge in [0.1, 0.15) is 0 Å². The van der Waals surface area contributed by atoms with Gasteiger partial charge in [0, 0.05) is 11.3 Å². The van der Waals surface area contributed by atoms with E-state index in [-0.39, 0.29) is 18.4 Å². The van der Waals surface area contributed by atoms with Gasteiger partial charge in [-0.15, -0.1) is 0 Å². The van der Waals surface area contributed by atoms with Crippen LogP contribution in [0.3, 0.4) is 0 Å². The van der Waals surface area contributed by atoms with Gasteiger partial charge in [-0.1, -0.05) is 12.1 Å². The second-order valence-electron chi connectivity index (χ2n) is 4.27. The number of carbonyl (C=O) groups excluding carboxylic acids is 2. The van der Waals surface area contributed by atoms with E-state index in [1.807, 2.05) is 6.92 Å². The Morgan fingerprint density at radius 1 is 1.39 bits per heavy atom. The number of hydrogen-bond donors (Lipinski definition) is 3. The van der Waals surface area contributed by atoms with E-state index in [1.54, 1.807) is 25.1 Å². The van der Waals surface area contributed by atoms with Gasteiger partial charge in [0.2, 0.25) is 0 Å². The molecule has 18 heavy (non-hydrogen) atoms. The van der Waals surface area contributed by atoms with E-state index >= 15 is 0 Å². The molecule has 0 radical (unpaired) electrons. The molecule has 0 spiro atoms. The summed E-state index contributed by atoms with van der Waals surface area (Å²) in [5.74, 6) is -0.0535. The number of rotatable bonds is 4. The molecule has 0 saturated heterocycles. The van der Waals surface area contributed by atoms with Crippen molar-refractivity contribution in [2.45, 2.75) is 26.8 Å². The first-order valence-electron chi connectivity index (χ1n) is 5.74. The second kappa shape index (κ2) is 6.16. The lowest BCUT2D eigenvalue weighted by Crippen LogP contribution is -2.38. The summed E-state index contributed by atoms with van der Waals surface area (Å²) in [6.45, 7) is 4.88. The number of ketones is 1. The fourth-order valence-electron chi connectivity index (χ4n) is 1.40. The van der Waals surface area contributed by atoms with Gasteiger partial charge >= 0.3 is 6.03 Å². The predicted molar refractivity (Wildman–Crippen MR) is 69.9 cm³/mol. The maximum absolute atomic E-state index is 11.6. The number of Topliss-reactive ketones (excluding diaryl/α,β-unsaturated/α-hetero) is 1. The largest absolute Gasteiger partial charge is 0.394 e. The van der Waals surface area contributed by atoms with Crippen LogP contribution in [0.25, 0.3) is 0 Å². The van der Waals surface area contributed by atoms with Crippen LogP contribution in [0.4, 0.5) is 10.5 Å². The van der Waals surface area contributed by atoms with Crippen molar-refractivity contribution in [3.8, 4) is 0 Å². The van der Waals surface area contributed by atoms with Crippen molar-refractivity contribution < 1.29 is 14.7 Å². The van der Waals surface area contributed by atoms with Crippen molar-refractivity contribution in [1.29, 1.82) is 0 Å². The van der Waals surface area contributed by atoms with E-state index in [9.17, 15) is 9.59 Å². The molecule has 98 valence electrons. The molecule has 0 fully saturated rings. The van der Waals surface area contributed by atoms with Gasteiger partial charge in [0.15, 0.2) is 5.78 Å². The summed E-state index contributed by atoms with van der Waals surface area (Å²) in [5.41, 5.74) is 2.00. The number of urea groups is 1. The van der Waals surface area contributed by atoms with Crippen LogP contribution in [0.5, 0.6) is 0 Å². The maximum Gasteiger partial charge on any atom is 0.319 e. The van der Waals surface area contributed by atoms with Crippen molar-refractivity contribution in [3.05, 3.63) is 29.3 Å². The number of aliphatic hydroxyl groups is 1. The van der Waals surface area contributed by atoms with Crippen LogP contribution in [0.1, 0.15) is 29.8 Å². The molecule has 5 heteroatoms. The molecule has 1 rings (SSSR count). The highest BCUT2D eigenvalue weighted by molar-refractivity contribution is 5.97. The molecule has 3 N–H and O–H groups in total. The van der Waals surface area contributed by atoms with Gasteiger partial charge < -0.3 is 15.7 Å². The summed E-state index contributed by atoms with van der Waals surface area (Å²) in [4.78, 5) is 22.9. The van der Waals surface area contributed by atoms with Crippen molar-refractivity contribution in [3.63, 3.8) is 0 Å². The minimum atomic E-state index is -0.402. The van der Waals surface area contributed by atoms with Crippen LogP contribution in [0, 0.1) is 6.92 Å². The number of aryl methyl sites for hydroxylation is 1. The smallest absolute Gasteiger partial charge is 0.319 e. The first kappa shape index (κ1) is 14.2. The number of anilines is 1. The zero-order chi connectivity index (χ0) is 13.7. The molecular weight excluding hydrogens is 232 g/mol. The first-order chi connectivity index (χ1) is 8.43. The molecule has 2 amide bonds. The van der Waals surface area contributed by atoms with Crippen molar-refractivity contribution >= 4 is 17.5 Å². The van der Waals surface area contributed by atoms with Crippen molar-refractivity contribution in [2.75, 3.05) is 11.9 Å². The Balaban J connectivity index is 2.80. The van der Waals surface area contributed by atoms with E-state index in [4.69, 9.17) is 5.11 Å². The molecule has 1 aromatic rings. The van der Waals surface area contributed by atoms with Crippen molar-refractivity contribution in [1.82, 2.24) is 5.32 Å². The molecule has 0 aromatic heterocycles. The lowest BCUT2D eigenvalue weighted by atomic mass is 10.1. The van der Waals surface area contributed by atoms with Crippen LogP contribution in [-0.4, -0.2) is 29.6 Å². The van der Waals surface area contributed by atoms with E-state index in [0.29, 0.717) is 11.3 Å². The molecule has 0 heterocycles. The third kappa shape index (κ3) is 3.85. The molecule has 1 unspecified atom stereocenters. The van der Waals surface area contributed by atoms with E-state index in [0.717, 1.165) is 5.56 Å². The molecule has 0 aliphatic carbocycles. The van der Waals surface area contributed by atoms with E-state index in [2.05, 4.69) is 10.6 Å². The standard InChI is InChI=1S/C13H18N2O3/c1-8-4-5-11(10(3)17)6-12(8)15-13(18)14-9(2)7-16/h4-6,9,16H,7H2,1-3H3,(H2,14,15,18). The van der Waals surface area contributed by atoms with Crippen LogP contribution in [0.2, 0.25) is 0 Å². The molecular formula is C13H18N2O3. The van der Waals surface area contributed by atoms with Gasteiger partial charge in [-0.2, -0.15) is 0 Å². The zero-order valence-corrected chi connectivity index (χ0v) is 10.8. The molecule has 0 aliphatic rings. The number of benzene rings is 1. The minimum absolute atomic E-state index is 0.0535. The van der Waals surface area contributed by atoms with Gasteiger partial charge in [-0.05, 0) is 32.4 Å². The van der Waals surface area contributed by atoms with Gasteiger partial charge in [0.05, 0.1) is 12.6 Å². The average molecular weight is 250 g/mol. The van der Waals surface area contributed by atoms with Crippen LogP contribution in [-0.2, 0) is 0 Å². The highest BCUT2D eigenvalue weighted by Gasteiger charge is 2.09. The highest BCUT2D eigenvalue weighted by atomic mass is 16.3. The topological polar surface area (TPSA) is 78.4 Å². The SMILES string of the molecule is CC(=O)c1ccc(C)c(NC(=O)NC(C)CO)c1. The molecule has 0 aliphatic heterocycles. The van der Waals surface area contributed by atoms with Crippen LogP contribution < -0.4 is 10.6 Å². The zero-order valence-electron chi connectivity index (χ0n) is 10.8. The average Bonchev–Trinajstić information content (AvgIpc) is 2.31. The Morgan fingerprint density at radius 2 is 2.06 bits per heavy atom. The summed E-state index contributed by atoms with van der Waals surface area (Å²) in [6, 6.07) is 4.42. The summed E-state index contributed by atoms with van der Waals surface area (Å²) in [6.07, 6.45) is 0.